The van der Waals surface area contributed by atoms with Crippen LogP contribution in [0.2, 0.25) is 5.22 Å². The van der Waals surface area contributed by atoms with Crippen molar-refractivity contribution >= 4 is 11.6 Å². The molecule has 1 aromatic carbocycles. The smallest absolute Gasteiger partial charge is 0.416 e. The number of hydrogen-bond donors (Lipinski definition) is 1. The minimum absolute atomic E-state index is 0.241. The summed E-state index contributed by atoms with van der Waals surface area (Å²) in [6, 6.07) is 6.60. The van der Waals surface area contributed by atoms with Crippen molar-refractivity contribution in [2.24, 2.45) is 0 Å². The average Bonchev–Trinajstić information content (AvgIpc) is 2.77. The number of rotatable bonds is 3. The normalized spacial score (nSPS) is 13.5. The first-order chi connectivity index (χ1) is 9.32. The first-order valence-corrected chi connectivity index (χ1v) is 6.31. The average molecular weight is 304 g/mol. The molecular formula is C14H13ClF3NO. The summed E-state index contributed by atoms with van der Waals surface area (Å²) in [6.07, 6.45) is -4.34. The van der Waals surface area contributed by atoms with Crippen molar-refractivity contribution in [2.75, 3.05) is 7.05 Å². The van der Waals surface area contributed by atoms with Gasteiger partial charge in [-0.1, -0.05) is 6.07 Å². The molecule has 20 heavy (non-hydrogen) atoms. The molecule has 1 heterocycles. The highest BCUT2D eigenvalue weighted by molar-refractivity contribution is 6.28. The van der Waals surface area contributed by atoms with Crippen LogP contribution in [0.4, 0.5) is 13.2 Å². The monoisotopic (exact) mass is 303 g/mol. The molecule has 0 aliphatic rings. The first kappa shape index (κ1) is 14.9. The molecular weight excluding hydrogens is 291 g/mol. The van der Waals surface area contributed by atoms with E-state index in [1.165, 1.54) is 6.07 Å². The van der Waals surface area contributed by atoms with Gasteiger partial charge in [-0.2, -0.15) is 13.2 Å². The van der Waals surface area contributed by atoms with Gasteiger partial charge in [0.25, 0.3) is 0 Å². The van der Waals surface area contributed by atoms with Crippen molar-refractivity contribution in [1.82, 2.24) is 5.32 Å². The van der Waals surface area contributed by atoms with E-state index in [2.05, 4.69) is 5.32 Å². The van der Waals surface area contributed by atoms with E-state index in [0.717, 1.165) is 12.1 Å². The molecule has 0 bridgehead atoms. The molecule has 0 amide bonds. The Morgan fingerprint density at radius 2 is 1.90 bits per heavy atom. The number of furan rings is 1. The highest BCUT2D eigenvalue weighted by atomic mass is 35.5. The van der Waals surface area contributed by atoms with Crippen LogP contribution in [-0.4, -0.2) is 7.05 Å². The lowest BCUT2D eigenvalue weighted by Gasteiger charge is -2.18. The molecule has 0 radical (unpaired) electrons. The van der Waals surface area contributed by atoms with Crippen molar-refractivity contribution in [3.63, 3.8) is 0 Å². The molecule has 6 heteroatoms. The van der Waals surface area contributed by atoms with Crippen LogP contribution in [0.5, 0.6) is 0 Å². The van der Waals surface area contributed by atoms with Gasteiger partial charge in [-0.15, -0.1) is 0 Å². The summed E-state index contributed by atoms with van der Waals surface area (Å²) in [5.74, 6) is 0.556. The summed E-state index contributed by atoms with van der Waals surface area (Å²) in [7, 11) is 1.71. The Bertz CT molecular complexity index is 607. The van der Waals surface area contributed by atoms with Crippen LogP contribution in [0.3, 0.4) is 0 Å². The lowest BCUT2D eigenvalue weighted by molar-refractivity contribution is -0.137. The Morgan fingerprint density at radius 1 is 1.20 bits per heavy atom. The maximum Gasteiger partial charge on any atom is 0.416 e. The van der Waals surface area contributed by atoms with Crippen LogP contribution in [0.15, 0.2) is 34.7 Å². The van der Waals surface area contributed by atoms with E-state index in [1.807, 2.05) is 0 Å². The van der Waals surface area contributed by atoms with Crippen molar-refractivity contribution < 1.29 is 17.6 Å². The number of hydrogen-bond acceptors (Lipinski definition) is 2. The highest BCUT2D eigenvalue weighted by Gasteiger charge is 2.31. The molecule has 108 valence electrons. The number of alkyl halides is 3. The lowest BCUT2D eigenvalue weighted by atomic mass is 9.97. The third-order valence-electron chi connectivity index (χ3n) is 3.08. The minimum Gasteiger partial charge on any atom is -0.448 e. The number of halogens is 4. The Kier molecular flexibility index (Phi) is 4.11. The third-order valence-corrected chi connectivity index (χ3v) is 3.28. The lowest BCUT2D eigenvalue weighted by Crippen LogP contribution is -2.18. The second kappa shape index (κ2) is 5.50. The van der Waals surface area contributed by atoms with Crippen LogP contribution in [-0.2, 0) is 6.18 Å². The Balaban J connectivity index is 2.41. The molecule has 0 fully saturated rings. The van der Waals surface area contributed by atoms with E-state index in [0.29, 0.717) is 16.9 Å². The van der Waals surface area contributed by atoms with Crippen LogP contribution in [0.1, 0.15) is 28.5 Å². The molecule has 0 saturated carbocycles. The number of benzene rings is 1. The zero-order chi connectivity index (χ0) is 14.9. The summed E-state index contributed by atoms with van der Waals surface area (Å²) >= 11 is 5.73. The van der Waals surface area contributed by atoms with E-state index in [4.69, 9.17) is 16.0 Å². The van der Waals surface area contributed by atoms with Crippen LogP contribution < -0.4 is 5.32 Å². The zero-order valence-electron chi connectivity index (χ0n) is 10.9. The molecule has 1 atom stereocenters. The van der Waals surface area contributed by atoms with Gasteiger partial charge in [0.1, 0.15) is 5.76 Å². The van der Waals surface area contributed by atoms with Gasteiger partial charge in [-0.25, -0.2) is 0 Å². The van der Waals surface area contributed by atoms with Crippen molar-refractivity contribution in [3.8, 4) is 0 Å². The molecule has 1 N–H and O–H groups in total. The number of nitrogens with one attached hydrogen (secondary N) is 1. The number of aryl methyl sites for hydroxylation is 1. The van der Waals surface area contributed by atoms with Crippen molar-refractivity contribution in [2.45, 2.75) is 19.1 Å². The minimum atomic E-state index is -4.34. The van der Waals surface area contributed by atoms with Crippen molar-refractivity contribution in [3.05, 3.63) is 58.0 Å². The second-order valence-electron chi connectivity index (χ2n) is 4.43. The molecule has 1 unspecified atom stereocenters. The molecule has 0 spiro atoms. The van der Waals surface area contributed by atoms with Gasteiger partial charge in [-0.05, 0) is 61.0 Å². The Morgan fingerprint density at radius 3 is 2.35 bits per heavy atom. The Labute approximate surface area is 119 Å². The summed E-state index contributed by atoms with van der Waals surface area (Å²) in [6.45, 7) is 1.64. The zero-order valence-corrected chi connectivity index (χ0v) is 11.6. The van der Waals surface area contributed by atoms with E-state index in [-0.39, 0.29) is 11.3 Å². The largest absolute Gasteiger partial charge is 0.448 e. The molecule has 2 aromatic rings. The molecule has 2 nitrogen and oxygen atoms in total. The molecule has 1 aromatic heterocycles. The predicted octanol–water partition coefficient (Wildman–Crippen LogP) is 4.57. The summed E-state index contributed by atoms with van der Waals surface area (Å²) in [4.78, 5) is 0. The van der Waals surface area contributed by atoms with Crippen molar-refractivity contribution in [1.29, 1.82) is 0 Å². The van der Waals surface area contributed by atoms with E-state index in [9.17, 15) is 13.2 Å². The van der Waals surface area contributed by atoms with Gasteiger partial charge in [-0.3, -0.25) is 0 Å². The fraction of sp³-hybridized carbons (Fsp3) is 0.286. The molecule has 2 rings (SSSR count). The standard InChI is InChI=1S/C14H13ClF3NO/c1-8-7-9(14(16,17)18)3-4-10(8)13(19-2)11-5-6-12(15)20-11/h3-7,13,19H,1-2H3. The summed E-state index contributed by atoms with van der Waals surface area (Å²) in [5, 5.41) is 3.25. The van der Waals surface area contributed by atoms with Crippen LogP contribution in [0.25, 0.3) is 0 Å². The van der Waals surface area contributed by atoms with E-state index in [1.54, 1.807) is 26.1 Å². The van der Waals surface area contributed by atoms with Crippen LogP contribution >= 0.6 is 11.6 Å². The summed E-state index contributed by atoms with van der Waals surface area (Å²) < 4.78 is 43.3. The summed E-state index contributed by atoms with van der Waals surface area (Å²) in [5.41, 5.74) is 0.587. The van der Waals surface area contributed by atoms with Gasteiger partial charge < -0.3 is 9.73 Å². The maximum absolute atomic E-state index is 12.7. The first-order valence-electron chi connectivity index (χ1n) is 5.93. The molecule has 0 aliphatic heterocycles. The maximum atomic E-state index is 12.7. The topological polar surface area (TPSA) is 25.2 Å². The molecule has 0 aliphatic carbocycles. The van der Waals surface area contributed by atoms with Gasteiger partial charge in [0.15, 0.2) is 5.22 Å². The third kappa shape index (κ3) is 2.99. The van der Waals surface area contributed by atoms with Gasteiger partial charge in [0.2, 0.25) is 0 Å². The van der Waals surface area contributed by atoms with Gasteiger partial charge in [0, 0.05) is 0 Å². The second-order valence-corrected chi connectivity index (χ2v) is 4.81. The SMILES string of the molecule is CNC(c1ccc(Cl)o1)c1ccc(C(F)(F)F)cc1C. The highest BCUT2D eigenvalue weighted by Crippen LogP contribution is 2.33. The predicted molar refractivity (Wildman–Crippen MR) is 70.8 cm³/mol. The van der Waals surface area contributed by atoms with Gasteiger partial charge in [0.05, 0.1) is 11.6 Å². The molecule has 0 saturated heterocycles. The Hall–Kier alpha value is -1.46. The van der Waals surface area contributed by atoms with E-state index >= 15 is 0 Å². The van der Waals surface area contributed by atoms with E-state index < -0.39 is 11.7 Å². The quantitative estimate of drug-likeness (QED) is 0.898. The fourth-order valence-corrected chi connectivity index (χ4v) is 2.26. The van der Waals surface area contributed by atoms with Crippen LogP contribution in [0, 0.1) is 6.92 Å². The van der Waals surface area contributed by atoms with Gasteiger partial charge >= 0.3 is 6.18 Å². The fourth-order valence-electron chi connectivity index (χ4n) is 2.11.